The number of carbonyl (C=O) groups excluding carboxylic acids is 1. The molecule has 34 heavy (non-hydrogen) atoms. The van der Waals surface area contributed by atoms with Crippen LogP contribution in [0.2, 0.25) is 10.0 Å². The summed E-state index contributed by atoms with van der Waals surface area (Å²) in [6.07, 6.45) is 0. The van der Waals surface area contributed by atoms with Crippen LogP contribution in [0.3, 0.4) is 0 Å². The molecular weight excluding hydrogens is 496 g/mol. The van der Waals surface area contributed by atoms with E-state index in [9.17, 15) is 9.18 Å². The molecule has 10 heteroatoms. The molecule has 0 aliphatic heterocycles. The first kappa shape index (κ1) is 24.1. The third-order valence-corrected chi connectivity index (χ3v) is 6.60. The van der Waals surface area contributed by atoms with E-state index in [0.717, 1.165) is 16.8 Å². The Morgan fingerprint density at radius 1 is 1.00 bits per heavy atom. The predicted octanol–water partition coefficient (Wildman–Crippen LogP) is 6.64. The summed E-state index contributed by atoms with van der Waals surface area (Å²) < 4.78 is 15.1. The quantitative estimate of drug-likeness (QED) is 0.270. The van der Waals surface area contributed by atoms with Crippen molar-refractivity contribution in [2.24, 2.45) is 0 Å². The minimum atomic E-state index is -0.419. The molecule has 3 aromatic carbocycles. The molecule has 0 radical (unpaired) electrons. The lowest BCUT2D eigenvalue weighted by Crippen LogP contribution is -2.29. The van der Waals surface area contributed by atoms with Crippen LogP contribution in [0.15, 0.2) is 71.9 Å². The highest BCUT2D eigenvalue weighted by Gasteiger charge is 2.16. The fourth-order valence-corrected chi connectivity index (χ4v) is 4.32. The number of hydrogen-bond donors (Lipinski definition) is 2. The minimum absolute atomic E-state index is 0.144. The first-order valence-corrected chi connectivity index (χ1v) is 12.0. The van der Waals surface area contributed by atoms with Gasteiger partial charge in [0.15, 0.2) is 11.0 Å². The number of aromatic nitrogens is 3. The number of halogens is 3. The van der Waals surface area contributed by atoms with Gasteiger partial charge in [0.2, 0.25) is 0 Å². The average molecular weight is 516 g/mol. The molecule has 0 aliphatic rings. The highest BCUT2D eigenvalue weighted by Crippen LogP contribution is 2.26. The molecular formula is C24H20Cl2FN5OS. The summed E-state index contributed by atoms with van der Waals surface area (Å²) in [5.41, 5.74) is 3.48. The molecule has 0 saturated carbocycles. The summed E-state index contributed by atoms with van der Waals surface area (Å²) in [5.74, 6) is 0.883. The zero-order chi connectivity index (χ0) is 24.1. The summed E-state index contributed by atoms with van der Waals surface area (Å²) in [6, 6.07) is 18.7. The van der Waals surface area contributed by atoms with E-state index in [1.807, 2.05) is 35.8 Å². The lowest BCUT2D eigenvalue weighted by molar-refractivity contribution is 0.251. The van der Waals surface area contributed by atoms with Crippen molar-refractivity contribution in [3.63, 3.8) is 0 Å². The van der Waals surface area contributed by atoms with Crippen LogP contribution in [0, 0.1) is 12.7 Å². The van der Waals surface area contributed by atoms with Crippen LogP contribution >= 0.6 is 35.0 Å². The summed E-state index contributed by atoms with van der Waals surface area (Å²) in [6.45, 7) is 2.15. The van der Waals surface area contributed by atoms with E-state index < -0.39 is 6.03 Å². The van der Waals surface area contributed by atoms with E-state index in [2.05, 4.69) is 20.8 Å². The number of rotatable bonds is 7. The van der Waals surface area contributed by atoms with Gasteiger partial charge in [0.25, 0.3) is 0 Å². The average Bonchev–Trinajstić information content (AvgIpc) is 3.23. The number of nitrogens with zero attached hydrogens (tertiary/aromatic N) is 3. The largest absolute Gasteiger partial charge is 0.331 e. The van der Waals surface area contributed by atoms with E-state index in [-0.39, 0.29) is 12.4 Å². The Hall–Kier alpha value is -3.07. The number of urea groups is 1. The van der Waals surface area contributed by atoms with Gasteiger partial charge in [-0.3, -0.25) is 4.57 Å². The maximum atomic E-state index is 13.2. The predicted molar refractivity (Wildman–Crippen MR) is 134 cm³/mol. The molecule has 0 bridgehead atoms. The van der Waals surface area contributed by atoms with Gasteiger partial charge in [-0.1, -0.05) is 64.8 Å². The smallest absolute Gasteiger partial charge is 0.319 e. The molecule has 2 amide bonds. The number of anilines is 1. The fourth-order valence-electron chi connectivity index (χ4n) is 3.10. The Kier molecular flexibility index (Phi) is 7.72. The number of thioether (sulfide) groups is 1. The van der Waals surface area contributed by atoms with Gasteiger partial charge in [-0.05, 0) is 55.0 Å². The molecule has 1 aromatic heterocycles. The normalized spacial score (nSPS) is 10.8. The molecule has 6 nitrogen and oxygen atoms in total. The zero-order valence-electron chi connectivity index (χ0n) is 18.1. The molecule has 0 saturated heterocycles. The van der Waals surface area contributed by atoms with Gasteiger partial charge >= 0.3 is 6.03 Å². The van der Waals surface area contributed by atoms with Crippen molar-refractivity contribution in [3.8, 4) is 5.69 Å². The summed E-state index contributed by atoms with van der Waals surface area (Å²) in [5, 5.41) is 15.6. The van der Waals surface area contributed by atoms with Crippen LogP contribution in [-0.4, -0.2) is 20.8 Å². The molecule has 0 unspecified atom stereocenters. The van der Waals surface area contributed by atoms with Crippen LogP contribution < -0.4 is 10.6 Å². The van der Waals surface area contributed by atoms with Crippen molar-refractivity contribution < 1.29 is 9.18 Å². The second-order valence-corrected chi connectivity index (χ2v) is 9.18. The zero-order valence-corrected chi connectivity index (χ0v) is 20.4. The molecule has 0 fully saturated rings. The van der Waals surface area contributed by atoms with Crippen LogP contribution in [0.1, 0.15) is 17.0 Å². The van der Waals surface area contributed by atoms with Gasteiger partial charge in [0.1, 0.15) is 5.82 Å². The molecule has 0 aliphatic carbocycles. The van der Waals surface area contributed by atoms with Crippen LogP contribution in [0.4, 0.5) is 14.9 Å². The highest BCUT2D eigenvalue weighted by atomic mass is 35.5. The monoisotopic (exact) mass is 515 g/mol. The van der Waals surface area contributed by atoms with Crippen molar-refractivity contribution in [2.45, 2.75) is 24.4 Å². The van der Waals surface area contributed by atoms with Crippen molar-refractivity contribution in [1.82, 2.24) is 20.1 Å². The molecule has 4 aromatic rings. The third-order valence-electron chi connectivity index (χ3n) is 4.86. The molecule has 0 atom stereocenters. The highest BCUT2D eigenvalue weighted by molar-refractivity contribution is 7.98. The maximum Gasteiger partial charge on any atom is 0.319 e. The van der Waals surface area contributed by atoms with Gasteiger partial charge < -0.3 is 10.6 Å². The summed E-state index contributed by atoms with van der Waals surface area (Å²) in [4.78, 5) is 12.4. The van der Waals surface area contributed by atoms with E-state index in [0.29, 0.717) is 32.5 Å². The first-order valence-electron chi connectivity index (χ1n) is 10.3. The van der Waals surface area contributed by atoms with Crippen molar-refractivity contribution in [3.05, 3.63) is 99.5 Å². The van der Waals surface area contributed by atoms with Crippen molar-refractivity contribution in [1.29, 1.82) is 0 Å². The third kappa shape index (κ3) is 6.08. The lowest BCUT2D eigenvalue weighted by Gasteiger charge is -2.12. The topological polar surface area (TPSA) is 71.8 Å². The molecule has 174 valence electrons. The van der Waals surface area contributed by atoms with Gasteiger partial charge in [-0.2, -0.15) is 0 Å². The standard InChI is InChI=1S/C24H20Cl2FN5OS/c1-15-2-9-19(10-3-15)32-22(13-28-23(33)29-18-8-11-20(25)21(26)12-18)30-31-24(32)34-14-16-4-6-17(27)7-5-16/h2-12H,13-14H2,1H3,(H2,28,29,33). The van der Waals surface area contributed by atoms with Crippen LogP contribution in [-0.2, 0) is 12.3 Å². The van der Waals surface area contributed by atoms with E-state index in [4.69, 9.17) is 23.2 Å². The van der Waals surface area contributed by atoms with Crippen molar-refractivity contribution >= 4 is 46.7 Å². The SMILES string of the molecule is Cc1ccc(-n2c(CNC(=O)Nc3ccc(Cl)c(Cl)c3)nnc2SCc2ccc(F)cc2)cc1. The lowest BCUT2D eigenvalue weighted by atomic mass is 10.2. The summed E-state index contributed by atoms with van der Waals surface area (Å²) in [7, 11) is 0. The van der Waals surface area contributed by atoms with Gasteiger partial charge in [-0.15, -0.1) is 10.2 Å². The number of aryl methyl sites for hydroxylation is 1. The minimum Gasteiger partial charge on any atom is -0.331 e. The number of benzene rings is 3. The van der Waals surface area contributed by atoms with E-state index in [1.54, 1.807) is 30.3 Å². The van der Waals surface area contributed by atoms with E-state index >= 15 is 0 Å². The van der Waals surface area contributed by atoms with Crippen LogP contribution in [0.25, 0.3) is 5.69 Å². The molecule has 1 heterocycles. The number of amides is 2. The summed E-state index contributed by atoms with van der Waals surface area (Å²) >= 11 is 13.4. The van der Waals surface area contributed by atoms with Crippen molar-refractivity contribution in [2.75, 3.05) is 5.32 Å². The Morgan fingerprint density at radius 3 is 2.44 bits per heavy atom. The number of hydrogen-bond acceptors (Lipinski definition) is 4. The fraction of sp³-hybridized carbons (Fsp3) is 0.125. The molecule has 2 N–H and O–H groups in total. The maximum absolute atomic E-state index is 13.2. The van der Waals surface area contributed by atoms with E-state index in [1.165, 1.54) is 23.9 Å². The van der Waals surface area contributed by atoms with Gasteiger partial charge in [0, 0.05) is 17.1 Å². The second kappa shape index (κ2) is 10.9. The van der Waals surface area contributed by atoms with Gasteiger partial charge in [0.05, 0.1) is 16.6 Å². The Bertz CT molecular complexity index is 1300. The number of carbonyl (C=O) groups is 1. The Balaban J connectivity index is 1.50. The molecule has 0 spiro atoms. The molecule has 4 rings (SSSR count). The Labute approximate surface area is 210 Å². The van der Waals surface area contributed by atoms with Gasteiger partial charge in [-0.25, -0.2) is 9.18 Å². The second-order valence-electron chi connectivity index (χ2n) is 7.42. The Morgan fingerprint density at radius 2 is 1.74 bits per heavy atom. The number of nitrogens with one attached hydrogen (secondary N) is 2. The van der Waals surface area contributed by atoms with Crippen LogP contribution in [0.5, 0.6) is 0 Å². The first-order chi connectivity index (χ1) is 16.4.